The Kier molecular flexibility index (Phi) is 8.35. The van der Waals surface area contributed by atoms with E-state index in [0.29, 0.717) is 17.0 Å². The van der Waals surface area contributed by atoms with Crippen molar-refractivity contribution in [2.75, 3.05) is 11.9 Å². The fourth-order valence-corrected chi connectivity index (χ4v) is 4.78. The van der Waals surface area contributed by atoms with Crippen LogP contribution in [0.5, 0.6) is 0 Å². The summed E-state index contributed by atoms with van der Waals surface area (Å²) in [6, 6.07) is 9.92. The maximum atomic E-state index is 12.5. The molecule has 8 heteroatoms. The van der Waals surface area contributed by atoms with Crippen molar-refractivity contribution in [2.24, 2.45) is 5.10 Å². The molecule has 0 atom stereocenters. The van der Waals surface area contributed by atoms with Gasteiger partial charge in [0.2, 0.25) is 0 Å². The van der Waals surface area contributed by atoms with Crippen LogP contribution in [0.4, 0.5) is 5.00 Å². The van der Waals surface area contributed by atoms with E-state index in [-0.39, 0.29) is 6.61 Å². The molecule has 0 radical (unpaired) electrons. The van der Waals surface area contributed by atoms with Crippen LogP contribution in [0, 0.1) is 0 Å². The van der Waals surface area contributed by atoms with E-state index in [0.717, 1.165) is 49.0 Å². The van der Waals surface area contributed by atoms with E-state index in [4.69, 9.17) is 4.74 Å². The quantitative estimate of drug-likeness (QED) is 0.224. The summed E-state index contributed by atoms with van der Waals surface area (Å²) < 4.78 is 5.20. The number of esters is 1. The zero-order valence-corrected chi connectivity index (χ0v) is 18.4. The van der Waals surface area contributed by atoms with E-state index < -0.39 is 17.8 Å². The number of carbonyl (C=O) groups excluding carboxylic acids is 3. The Bertz CT molecular complexity index is 953. The van der Waals surface area contributed by atoms with Gasteiger partial charge in [-0.15, -0.1) is 11.3 Å². The molecule has 0 spiro atoms. The van der Waals surface area contributed by atoms with Crippen LogP contribution in [0.2, 0.25) is 0 Å². The lowest BCUT2D eigenvalue weighted by Crippen LogP contribution is -2.32. The largest absolute Gasteiger partial charge is 0.462 e. The first-order valence-corrected chi connectivity index (χ1v) is 11.4. The predicted octanol–water partition coefficient (Wildman–Crippen LogP) is 3.87. The highest BCUT2D eigenvalue weighted by atomic mass is 32.1. The number of hydrogen-bond donors (Lipinski definition) is 2. The number of rotatable bonds is 7. The number of aryl methyl sites for hydroxylation is 2. The summed E-state index contributed by atoms with van der Waals surface area (Å²) in [6.45, 7) is 1.99. The van der Waals surface area contributed by atoms with Gasteiger partial charge in [0.1, 0.15) is 5.00 Å². The first kappa shape index (κ1) is 22.7. The molecule has 0 unspecified atom stereocenters. The van der Waals surface area contributed by atoms with Gasteiger partial charge in [-0.25, -0.2) is 10.2 Å². The van der Waals surface area contributed by atoms with Crippen LogP contribution in [0.15, 0.2) is 35.4 Å². The fraction of sp³-hybridized carbons (Fsp3) is 0.391. The molecule has 0 aliphatic heterocycles. The third-order valence-corrected chi connectivity index (χ3v) is 6.20. The Morgan fingerprint density at radius 3 is 2.65 bits per heavy atom. The number of hydrazone groups is 1. The van der Waals surface area contributed by atoms with Gasteiger partial charge in [0.05, 0.1) is 12.2 Å². The van der Waals surface area contributed by atoms with Crippen LogP contribution in [0.3, 0.4) is 0 Å². The van der Waals surface area contributed by atoms with Crippen molar-refractivity contribution in [3.05, 3.63) is 51.9 Å². The number of nitrogens with zero attached hydrogens (tertiary/aromatic N) is 1. The minimum atomic E-state index is -0.880. The average molecular weight is 442 g/mol. The van der Waals surface area contributed by atoms with E-state index in [2.05, 4.69) is 15.8 Å². The van der Waals surface area contributed by atoms with E-state index in [1.54, 1.807) is 13.1 Å². The van der Waals surface area contributed by atoms with Crippen molar-refractivity contribution < 1.29 is 19.1 Å². The molecule has 2 amide bonds. The second-order valence-corrected chi connectivity index (χ2v) is 8.33. The van der Waals surface area contributed by atoms with E-state index in [1.807, 2.05) is 30.3 Å². The van der Waals surface area contributed by atoms with E-state index in [1.165, 1.54) is 16.9 Å². The molecule has 31 heavy (non-hydrogen) atoms. The standard InChI is InChI=1S/C23H27N3O4S/c1-2-30-23(29)19-17-13-7-4-8-14-18(17)31-22(19)25-20(27)21(28)26-24-15-9-12-16-10-5-3-6-11-16/h3,5-6,10-11,15H,2,4,7-9,12-14H2,1H3,(H,25,27)(H,26,28). The summed E-state index contributed by atoms with van der Waals surface area (Å²) in [6.07, 6.45) is 7.76. The van der Waals surface area contributed by atoms with Crippen LogP contribution < -0.4 is 10.7 Å². The summed E-state index contributed by atoms with van der Waals surface area (Å²) in [5, 5.41) is 6.80. The Morgan fingerprint density at radius 1 is 1.10 bits per heavy atom. The predicted molar refractivity (Wildman–Crippen MR) is 122 cm³/mol. The highest BCUT2D eigenvalue weighted by molar-refractivity contribution is 7.17. The number of nitrogens with one attached hydrogen (secondary N) is 2. The molecule has 1 aromatic carbocycles. The molecular formula is C23H27N3O4S. The van der Waals surface area contributed by atoms with Crippen molar-refractivity contribution in [2.45, 2.75) is 51.9 Å². The van der Waals surface area contributed by atoms with Crippen LogP contribution in [0.25, 0.3) is 0 Å². The molecule has 1 aliphatic rings. The highest BCUT2D eigenvalue weighted by Gasteiger charge is 2.27. The van der Waals surface area contributed by atoms with Gasteiger partial charge in [-0.1, -0.05) is 36.8 Å². The second-order valence-electron chi connectivity index (χ2n) is 7.22. The summed E-state index contributed by atoms with van der Waals surface area (Å²) in [7, 11) is 0. The minimum absolute atomic E-state index is 0.245. The maximum Gasteiger partial charge on any atom is 0.341 e. The smallest absolute Gasteiger partial charge is 0.341 e. The monoisotopic (exact) mass is 441 g/mol. The van der Waals surface area contributed by atoms with E-state index >= 15 is 0 Å². The Balaban J connectivity index is 1.60. The number of anilines is 1. The summed E-state index contributed by atoms with van der Waals surface area (Å²) >= 11 is 1.35. The number of ether oxygens (including phenoxy) is 1. The average Bonchev–Trinajstić information content (AvgIpc) is 2.94. The molecule has 0 saturated heterocycles. The Hall–Kier alpha value is -3.00. The van der Waals surface area contributed by atoms with Crippen molar-refractivity contribution in [3.8, 4) is 0 Å². The summed E-state index contributed by atoms with van der Waals surface area (Å²) in [5.41, 5.74) is 4.74. The molecule has 1 heterocycles. The summed E-state index contributed by atoms with van der Waals surface area (Å²) in [5.74, 6) is -2.20. The zero-order chi connectivity index (χ0) is 22.1. The van der Waals surface area contributed by atoms with Crippen molar-refractivity contribution in [3.63, 3.8) is 0 Å². The fourth-order valence-electron chi connectivity index (χ4n) is 3.51. The van der Waals surface area contributed by atoms with Crippen molar-refractivity contribution in [1.29, 1.82) is 0 Å². The number of fused-ring (bicyclic) bond motifs is 1. The third kappa shape index (κ3) is 6.24. The molecular weight excluding hydrogens is 414 g/mol. The van der Waals surface area contributed by atoms with Crippen LogP contribution in [0.1, 0.15) is 59.0 Å². The molecule has 0 fully saturated rings. The van der Waals surface area contributed by atoms with Gasteiger partial charge < -0.3 is 10.1 Å². The molecule has 7 nitrogen and oxygen atoms in total. The Labute approximate surface area is 185 Å². The Morgan fingerprint density at radius 2 is 1.87 bits per heavy atom. The van der Waals surface area contributed by atoms with Gasteiger partial charge in [-0.3, -0.25) is 9.59 Å². The molecule has 2 aromatic rings. The van der Waals surface area contributed by atoms with Crippen LogP contribution >= 0.6 is 11.3 Å². The first-order chi connectivity index (χ1) is 15.1. The lowest BCUT2D eigenvalue weighted by Gasteiger charge is -2.08. The van der Waals surface area contributed by atoms with Crippen molar-refractivity contribution >= 4 is 40.3 Å². The molecule has 1 aromatic heterocycles. The third-order valence-electron chi connectivity index (χ3n) is 5.00. The number of thiophene rings is 1. The first-order valence-electron chi connectivity index (χ1n) is 10.6. The molecule has 1 aliphatic carbocycles. The molecule has 2 N–H and O–H groups in total. The SMILES string of the molecule is CCOC(=O)c1c(NC(=O)C(=O)NN=CCCc2ccccc2)sc2c1CCCCC2. The lowest BCUT2D eigenvalue weighted by molar-refractivity contribution is -0.136. The molecule has 0 bridgehead atoms. The minimum Gasteiger partial charge on any atom is -0.462 e. The van der Waals surface area contributed by atoms with Gasteiger partial charge in [0, 0.05) is 11.1 Å². The van der Waals surface area contributed by atoms with Crippen molar-refractivity contribution in [1.82, 2.24) is 5.43 Å². The highest BCUT2D eigenvalue weighted by Crippen LogP contribution is 2.38. The van der Waals surface area contributed by atoms with Gasteiger partial charge in [0.25, 0.3) is 0 Å². The van der Waals surface area contributed by atoms with Gasteiger partial charge in [0.15, 0.2) is 0 Å². The number of amides is 2. The van der Waals surface area contributed by atoms with Gasteiger partial charge in [-0.2, -0.15) is 5.10 Å². The van der Waals surface area contributed by atoms with Gasteiger partial charge in [-0.05, 0) is 56.6 Å². The lowest BCUT2D eigenvalue weighted by atomic mass is 10.1. The second kappa shape index (κ2) is 11.4. The van der Waals surface area contributed by atoms with Crippen LogP contribution in [-0.4, -0.2) is 30.6 Å². The number of hydrogen-bond acceptors (Lipinski definition) is 6. The number of benzene rings is 1. The zero-order valence-electron chi connectivity index (χ0n) is 17.6. The van der Waals surface area contributed by atoms with Gasteiger partial charge >= 0.3 is 17.8 Å². The maximum absolute atomic E-state index is 12.5. The normalized spacial score (nSPS) is 13.3. The molecule has 164 valence electrons. The topological polar surface area (TPSA) is 96.9 Å². The molecule has 3 rings (SSSR count). The van der Waals surface area contributed by atoms with E-state index in [9.17, 15) is 14.4 Å². The number of carbonyl (C=O) groups is 3. The van der Waals surface area contributed by atoms with Crippen LogP contribution in [-0.2, 0) is 33.6 Å². The summed E-state index contributed by atoms with van der Waals surface area (Å²) in [4.78, 5) is 38.1. The molecule has 0 saturated carbocycles.